The van der Waals surface area contributed by atoms with Gasteiger partial charge in [0.05, 0.1) is 0 Å². The molecule has 2 amide bonds. The van der Waals surface area contributed by atoms with Gasteiger partial charge >= 0.3 is 0 Å². The zero-order chi connectivity index (χ0) is 17.6. The molecule has 4 heteroatoms. The summed E-state index contributed by atoms with van der Waals surface area (Å²) in [4.78, 5) is 28.5. The van der Waals surface area contributed by atoms with Gasteiger partial charge in [-0.05, 0) is 38.2 Å². The molecule has 1 unspecified atom stereocenters. The van der Waals surface area contributed by atoms with Gasteiger partial charge in [0.1, 0.15) is 0 Å². The Morgan fingerprint density at radius 3 is 2.68 bits per heavy atom. The zero-order valence-corrected chi connectivity index (χ0v) is 15.1. The Hall–Kier alpha value is -2.10. The van der Waals surface area contributed by atoms with Gasteiger partial charge in [0.2, 0.25) is 11.8 Å². The second kappa shape index (κ2) is 8.32. The molecule has 2 aliphatic rings. The van der Waals surface area contributed by atoms with Crippen LogP contribution in [0.25, 0.3) is 6.08 Å². The van der Waals surface area contributed by atoms with E-state index in [-0.39, 0.29) is 17.9 Å². The van der Waals surface area contributed by atoms with Gasteiger partial charge in [0.25, 0.3) is 0 Å². The molecule has 4 nitrogen and oxygen atoms in total. The van der Waals surface area contributed by atoms with Crippen molar-refractivity contribution in [3.05, 3.63) is 41.5 Å². The van der Waals surface area contributed by atoms with Crippen molar-refractivity contribution < 1.29 is 9.59 Å². The van der Waals surface area contributed by atoms with E-state index in [9.17, 15) is 9.59 Å². The summed E-state index contributed by atoms with van der Waals surface area (Å²) in [6, 6.07) is 8.48. The molecule has 2 heterocycles. The number of rotatable bonds is 5. The topological polar surface area (TPSA) is 40.6 Å². The lowest BCUT2D eigenvalue weighted by atomic mass is 10.0. The molecular formula is C21H28N2O2. The molecule has 1 aromatic rings. The monoisotopic (exact) mass is 340 g/mol. The van der Waals surface area contributed by atoms with Gasteiger partial charge in [-0.1, -0.05) is 42.0 Å². The Balaban J connectivity index is 1.56. The van der Waals surface area contributed by atoms with Crippen LogP contribution in [-0.4, -0.2) is 47.3 Å². The Kier molecular flexibility index (Phi) is 5.90. The molecule has 25 heavy (non-hydrogen) atoms. The minimum atomic E-state index is 0.180. The molecular weight excluding hydrogens is 312 g/mol. The maximum atomic E-state index is 12.7. The van der Waals surface area contributed by atoms with Crippen LogP contribution in [0.4, 0.5) is 0 Å². The first-order chi connectivity index (χ1) is 12.1. The van der Waals surface area contributed by atoms with Crippen LogP contribution in [0.15, 0.2) is 30.3 Å². The number of nitrogens with zero attached hydrogens (tertiary/aromatic N) is 2. The van der Waals surface area contributed by atoms with Gasteiger partial charge in [-0.15, -0.1) is 0 Å². The van der Waals surface area contributed by atoms with E-state index in [1.54, 1.807) is 0 Å². The Bertz CT molecular complexity index is 636. The standard InChI is InChI=1S/C21H28N2O2/c1-17-10-12-18(13-11-17)6-4-8-21(25)23-15-3-2-7-19(23)16-22-14-5-9-20(22)24/h4,6,10-13,19H,2-3,5,7-9,14-16H2,1H3/b6-4-. The fraction of sp³-hybridized carbons (Fsp3) is 0.524. The van der Waals surface area contributed by atoms with Gasteiger partial charge in [-0.3, -0.25) is 9.59 Å². The van der Waals surface area contributed by atoms with Crippen molar-refractivity contribution in [2.45, 2.75) is 51.5 Å². The molecule has 0 saturated carbocycles. The first-order valence-electron chi connectivity index (χ1n) is 9.44. The summed E-state index contributed by atoms with van der Waals surface area (Å²) in [6.07, 6.45) is 9.25. The molecule has 0 bridgehead atoms. The third kappa shape index (κ3) is 4.71. The average molecular weight is 340 g/mol. The van der Waals surface area contributed by atoms with E-state index in [0.29, 0.717) is 19.4 Å². The third-order valence-electron chi connectivity index (χ3n) is 5.23. The van der Waals surface area contributed by atoms with Crippen molar-refractivity contribution >= 4 is 17.9 Å². The third-order valence-corrected chi connectivity index (χ3v) is 5.23. The molecule has 1 aromatic carbocycles. The molecule has 2 saturated heterocycles. The van der Waals surface area contributed by atoms with E-state index in [0.717, 1.165) is 44.3 Å². The Morgan fingerprint density at radius 1 is 1.16 bits per heavy atom. The van der Waals surface area contributed by atoms with Gasteiger partial charge in [-0.2, -0.15) is 0 Å². The van der Waals surface area contributed by atoms with E-state index < -0.39 is 0 Å². The quantitative estimate of drug-likeness (QED) is 0.824. The van der Waals surface area contributed by atoms with Crippen LogP contribution in [0.2, 0.25) is 0 Å². The summed E-state index contributed by atoms with van der Waals surface area (Å²) in [5.41, 5.74) is 2.36. The Labute approximate surface area is 150 Å². The molecule has 3 rings (SSSR count). The molecule has 0 aromatic heterocycles. The van der Waals surface area contributed by atoms with E-state index in [1.807, 2.05) is 22.0 Å². The van der Waals surface area contributed by atoms with Crippen LogP contribution in [0, 0.1) is 6.92 Å². The maximum Gasteiger partial charge on any atom is 0.226 e. The Morgan fingerprint density at radius 2 is 1.96 bits per heavy atom. The predicted octanol–water partition coefficient (Wildman–Crippen LogP) is 3.40. The zero-order valence-electron chi connectivity index (χ0n) is 15.1. The van der Waals surface area contributed by atoms with Crippen molar-refractivity contribution in [3.63, 3.8) is 0 Å². The number of carbonyl (C=O) groups is 2. The van der Waals surface area contributed by atoms with Crippen LogP contribution >= 0.6 is 0 Å². The summed E-state index contributed by atoms with van der Waals surface area (Å²) < 4.78 is 0. The van der Waals surface area contributed by atoms with Gasteiger partial charge < -0.3 is 9.80 Å². The van der Waals surface area contributed by atoms with E-state index in [4.69, 9.17) is 0 Å². The summed E-state index contributed by atoms with van der Waals surface area (Å²) in [6.45, 7) is 4.46. The second-order valence-corrected chi connectivity index (χ2v) is 7.20. The fourth-order valence-corrected chi connectivity index (χ4v) is 3.76. The van der Waals surface area contributed by atoms with Crippen molar-refractivity contribution in [2.24, 2.45) is 0 Å². The lowest BCUT2D eigenvalue weighted by molar-refractivity contribution is -0.137. The van der Waals surface area contributed by atoms with Gasteiger partial charge in [-0.25, -0.2) is 0 Å². The molecule has 1 atom stereocenters. The molecule has 134 valence electrons. The van der Waals surface area contributed by atoms with Crippen LogP contribution in [0.3, 0.4) is 0 Å². The normalized spacial score (nSPS) is 21.3. The van der Waals surface area contributed by atoms with Crippen LogP contribution in [0.5, 0.6) is 0 Å². The maximum absolute atomic E-state index is 12.7. The molecule has 0 spiro atoms. The first kappa shape index (κ1) is 17.7. The average Bonchev–Trinajstić information content (AvgIpc) is 3.02. The van der Waals surface area contributed by atoms with Crippen LogP contribution in [0.1, 0.15) is 49.7 Å². The summed E-state index contributed by atoms with van der Waals surface area (Å²) in [5.74, 6) is 0.428. The highest BCUT2D eigenvalue weighted by atomic mass is 16.2. The summed E-state index contributed by atoms with van der Waals surface area (Å²) in [7, 11) is 0. The lowest BCUT2D eigenvalue weighted by Crippen LogP contribution is -2.49. The van der Waals surface area contributed by atoms with Crippen molar-refractivity contribution in [2.75, 3.05) is 19.6 Å². The largest absolute Gasteiger partial charge is 0.341 e. The van der Waals surface area contributed by atoms with Crippen LogP contribution < -0.4 is 0 Å². The number of piperidine rings is 1. The number of hydrogen-bond donors (Lipinski definition) is 0. The lowest BCUT2D eigenvalue weighted by Gasteiger charge is -2.37. The molecule has 0 N–H and O–H groups in total. The molecule has 2 fully saturated rings. The highest BCUT2D eigenvalue weighted by molar-refractivity contribution is 5.80. The second-order valence-electron chi connectivity index (χ2n) is 7.20. The predicted molar refractivity (Wildman–Crippen MR) is 100.0 cm³/mol. The smallest absolute Gasteiger partial charge is 0.226 e. The van der Waals surface area contributed by atoms with Crippen molar-refractivity contribution in [1.82, 2.24) is 9.80 Å². The number of hydrogen-bond acceptors (Lipinski definition) is 2. The highest BCUT2D eigenvalue weighted by Crippen LogP contribution is 2.21. The number of aryl methyl sites for hydroxylation is 1. The van der Waals surface area contributed by atoms with Gasteiger partial charge in [0.15, 0.2) is 0 Å². The SMILES string of the molecule is Cc1ccc(/C=C\CC(=O)N2CCCCC2CN2CCCC2=O)cc1. The van der Waals surface area contributed by atoms with Crippen molar-refractivity contribution in [3.8, 4) is 0 Å². The number of amides is 2. The van der Waals surface area contributed by atoms with Crippen molar-refractivity contribution in [1.29, 1.82) is 0 Å². The first-order valence-corrected chi connectivity index (χ1v) is 9.44. The minimum Gasteiger partial charge on any atom is -0.341 e. The highest BCUT2D eigenvalue weighted by Gasteiger charge is 2.30. The van der Waals surface area contributed by atoms with E-state index in [2.05, 4.69) is 31.2 Å². The van der Waals surface area contributed by atoms with Gasteiger partial charge in [0, 0.05) is 38.5 Å². The molecule has 0 aliphatic carbocycles. The summed E-state index contributed by atoms with van der Waals surface area (Å²) >= 11 is 0. The van der Waals surface area contributed by atoms with E-state index >= 15 is 0 Å². The number of benzene rings is 1. The minimum absolute atomic E-state index is 0.180. The summed E-state index contributed by atoms with van der Waals surface area (Å²) in [5, 5.41) is 0. The molecule has 2 aliphatic heterocycles. The fourth-order valence-electron chi connectivity index (χ4n) is 3.76. The van der Waals surface area contributed by atoms with E-state index in [1.165, 1.54) is 5.56 Å². The number of likely N-dealkylation sites (tertiary alicyclic amines) is 2. The number of carbonyl (C=O) groups excluding carboxylic acids is 2. The van der Waals surface area contributed by atoms with Crippen LogP contribution in [-0.2, 0) is 9.59 Å². The molecule has 0 radical (unpaired) electrons.